The minimum atomic E-state index is -4.55. The van der Waals surface area contributed by atoms with Crippen LogP contribution in [0.5, 0.6) is 11.5 Å². The van der Waals surface area contributed by atoms with Crippen LogP contribution >= 0.6 is 12.0 Å². The number of carbonyl (C=O) groups is 3. The maximum atomic E-state index is 13.2. The maximum absolute atomic E-state index is 13.2. The number of nitro benzene ring substituents is 1. The molecular weight excluding hydrogens is 851 g/mol. The summed E-state index contributed by atoms with van der Waals surface area (Å²) in [5.74, 6) is -4.30. The summed E-state index contributed by atoms with van der Waals surface area (Å²) >= 11 is 0.424. The topological polar surface area (TPSA) is 347 Å². The SMILES string of the molecule is COc1cc(/N=N/c2ccc([N+](=O)[O-])cc2C(=O)O)c(C)cc1/N=N/c1c(SOOO)cc2cc(/N=N/C3C(=O)N(c4ccc(S(=O)(=O)O)cc4)N=C3C(=O)O)ccc2c1O. The van der Waals surface area contributed by atoms with Gasteiger partial charge in [-0.05, 0) is 78.5 Å². The molecule has 5 N–H and O–H groups in total. The highest BCUT2D eigenvalue weighted by molar-refractivity contribution is 7.94. The van der Waals surface area contributed by atoms with Crippen molar-refractivity contribution in [2.45, 2.75) is 22.8 Å². The highest BCUT2D eigenvalue weighted by Gasteiger charge is 2.41. The van der Waals surface area contributed by atoms with Crippen LogP contribution < -0.4 is 9.75 Å². The van der Waals surface area contributed by atoms with Crippen LogP contribution in [0.2, 0.25) is 0 Å². The van der Waals surface area contributed by atoms with Crippen LogP contribution in [-0.4, -0.2) is 75.2 Å². The number of nitro groups is 1. The molecule has 1 unspecified atom stereocenters. The minimum absolute atomic E-state index is 0.0198. The lowest BCUT2D eigenvalue weighted by atomic mass is 10.1. The van der Waals surface area contributed by atoms with Gasteiger partial charge in [-0.1, -0.05) is 5.04 Å². The number of anilines is 1. The first kappa shape index (κ1) is 43.0. The molecule has 24 nitrogen and oxygen atoms in total. The summed E-state index contributed by atoms with van der Waals surface area (Å²) in [4.78, 5) is 46.9. The normalized spacial score (nSPS) is 14.4. The lowest BCUT2D eigenvalue weighted by molar-refractivity contribution is -0.432. The number of nitrogens with zero attached hydrogens (tertiary/aromatic N) is 9. The summed E-state index contributed by atoms with van der Waals surface area (Å²) in [7, 11) is -3.22. The van der Waals surface area contributed by atoms with Crippen molar-refractivity contribution in [2.75, 3.05) is 12.1 Å². The van der Waals surface area contributed by atoms with Gasteiger partial charge in [0.25, 0.3) is 21.7 Å². The van der Waals surface area contributed by atoms with E-state index in [2.05, 4.69) is 45.2 Å². The number of hydrogen-bond acceptors (Lipinski definition) is 20. The molecule has 0 aliphatic carbocycles. The number of amides is 1. The highest BCUT2D eigenvalue weighted by atomic mass is 32.2. The third-order valence-electron chi connectivity index (χ3n) is 8.43. The zero-order valence-electron chi connectivity index (χ0n) is 30.7. The van der Waals surface area contributed by atoms with E-state index < -0.39 is 66.5 Å². The number of carboxylic acid groups (broad SMARTS) is 2. The van der Waals surface area contributed by atoms with Gasteiger partial charge in [0.2, 0.25) is 6.04 Å². The molecule has 0 saturated heterocycles. The number of fused-ring (bicyclic) bond motifs is 1. The number of rotatable bonds is 15. The number of phenols is 1. The number of aliphatic carboxylic acids is 1. The van der Waals surface area contributed by atoms with Crippen molar-refractivity contribution in [3.63, 3.8) is 0 Å². The van der Waals surface area contributed by atoms with E-state index in [-0.39, 0.29) is 55.5 Å². The number of carbonyl (C=O) groups excluding carboxylic acids is 1. The molecule has 0 spiro atoms. The van der Waals surface area contributed by atoms with Gasteiger partial charge in [-0.15, -0.1) is 19.7 Å². The molecule has 1 atom stereocenters. The average Bonchev–Trinajstić information content (AvgIpc) is 3.56. The molecule has 312 valence electrons. The van der Waals surface area contributed by atoms with Crippen LogP contribution in [0.25, 0.3) is 10.8 Å². The monoisotopic (exact) mass is 875 g/mol. The number of benzene rings is 5. The molecule has 0 saturated carbocycles. The molecule has 1 aliphatic rings. The first-order chi connectivity index (χ1) is 29.0. The van der Waals surface area contributed by atoms with E-state index in [0.717, 1.165) is 42.5 Å². The summed E-state index contributed by atoms with van der Waals surface area (Å²) in [5, 5.41) is 83.7. The Morgan fingerprint density at radius 2 is 1.61 bits per heavy atom. The summed E-state index contributed by atoms with van der Waals surface area (Å²) < 4.78 is 42.1. The number of azo groups is 3. The van der Waals surface area contributed by atoms with Crippen molar-refractivity contribution in [1.29, 1.82) is 0 Å². The molecule has 1 heterocycles. The lowest BCUT2D eigenvalue weighted by Gasteiger charge is -2.12. The van der Waals surface area contributed by atoms with E-state index >= 15 is 0 Å². The van der Waals surface area contributed by atoms with E-state index in [1.807, 2.05) is 0 Å². The summed E-state index contributed by atoms with van der Waals surface area (Å²) in [5.41, 5.74) is -1.04. The third-order valence-corrected chi connectivity index (χ3v) is 9.91. The number of phenolic OH excluding ortho intramolecular Hbond substituents is 1. The molecular formula is C35H25N9O15S2. The standard InChI is InChI=1S/C35H25N9O15S2/c1-16-11-26(27(57-2)15-25(16)38-37-24-10-6-20(44(51)52)14-23(24)34(47)48)39-40-29-28(60-59-58-53)13-17-12-18(3-9-22(17)32(29)45)36-41-30-31(35(49)50)42-43(33(30)46)19-4-7-21(8-5-19)61(54,55)56/h3-15,30,45,53H,1-2H3,(H,47,48)(H,49,50)(H,54,55,56)/b38-37+,40-39+,41-36+. The van der Waals surface area contributed by atoms with Crippen LogP contribution in [0.15, 0.2) is 124 Å². The number of methoxy groups -OCH3 is 1. The average molecular weight is 876 g/mol. The van der Waals surface area contributed by atoms with Crippen LogP contribution in [0.3, 0.4) is 0 Å². The minimum Gasteiger partial charge on any atom is -0.505 e. The molecule has 0 bridgehead atoms. The van der Waals surface area contributed by atoms with Gasteiger partial charge < -0.3 is 20.1 Å². The van der Waals surface area contributed by atoms with E-state index in [1.165, 1.54) is 43.5 Å². The fourth-order valence-corrected chi connectivity index (χ4v) is 6.48. The summed E-state index contributed by atoms with van der Waals surface area (Å²) in [6.07, 6.45) is 0. The van der Waals surface area contributed by atoms with Crippen molar-refractivity contribution < 1.29 is 67.0 Å². The predicted octanol–water partition coefficient (Wildman–Crippen LogP) is 7.91. The third kappa shape index (κ3) is 9.33. The van der Waals surface area contributed by atoms with Crippen LogP contribution in [0, 0.1) is 17.0 Å². The van der Waals surface area contributed by atoms with Gasteiger partial charge in [0, 0.05) is 23.6 Å². The molecule has 26 heteroatoms. The quantitative estimate of drug-likeness (QED) is 0.0166. The molecule has 61 heavy (non-hydrogen) atoms. The van der Waals surface area contributed by atoms with Crippen LogP contribution in [0.1, 0.15) is 15.9 Å². The molecule has 0 aromatic heterocycles. The van der Waals surface area contributed by atoms with Gasteiger partial charge in [-0.3, -0.25) is 19.5 Å². The summed E-state index contributed by atoms with van der Waals surface area (Å²) in [6.45, 7) is 1.62. The number of carboxylic acids is 2. The zero-order chi connectivity index (χ0) is 44.2. The first-order valence-corrected chi connectivity index (χ1v) is 18.8. The fourth-order valence-electron chi connectivity index (χ4n) is 5.51. The van der Waals surface area contributed by atoms with Gasteiger partial charge in [0.05, 0.1) is 56.5 Å². The van der Waals surface area contributed by atoms with Gasteiger partial charge in [0.15, 0.2) is 11.5 Å². The van der Waals surface area contributed by atoms with E-state index in [9.17, 15) is 52.8 Å². The fraction of sp³-hybridized carbons (Fsp3) is 0.0857. The van der Waals surface area contributed by atoms with E-state index in [1.54, 1.807) is 6.92 Å². The second-order valence-corrected chi connectivity index (χ2v) is 14.4. The van der Waals surface area contributed by atoms with Crippen molar-refractivity contribution in [1.82, 2.24) is 0 Å². The molecule has 6 rings (SSSR count). The Bertz CT molecular complexity index is 2870. The van der Waals surface area contributed by atoms with Gasteiger partial charge in [-0.25, -0.2) is 14.8 Å². The molecule has 0 radical (unpaired) electrons. The molecule has 0 fully saturated rings. The van der Waals surface area contributed by atoms with Crippen molar-refractivity contribution >= 4 is 96.3 Å². The first-order valence-electron chi connectivity index (χ1n) is 16.6. The smallest absolute Gasteiger partial charge is 0.355 e. The Morgan fingerprint density at radius 3 is 2.25 bits per heavy atom. The van der Waals surface area contributed by atoms with Crippen molar-refractivity contribution in [3.05, 3.63) is 100 Å². The van der Waals surface area contributed by atoms with Crippen LogP contribution in [0.4, 0.5) is 39.8 Å². The molecule has 5 aromatic rings. The Balaban J connectivity index is 1.28. The molecule has 1 amide bonds. The summed E-state index contributed by atoms with van der Waals surface area (Å²) in [6, 6.07) is 14.1. The number of hydrazone groups is 1. The molecule has 1 aliphatic heterocycles. The maximum Gasteiger partial charge on any atom is 0.355 e. The Morgan fingerprint density at radius 1 is 0.902 bits per heavy atom. The number of hydrogen-bond donors (Lipinski definition) is 5. The predicted molar refractivity (Wildman–Crippen MR) is 210 cm³/mol. The second kappa shape index (κ2) is 17.7. The van der Waals surface area contributed by atoms with Crippen molar-refractivity contribution in [3.8, 4) is 11.5 Å². The zero-order valence-corrected chi connectivity index (χ0v) is 32.4. The number of non-ortho nitro benzene ring substituents is 1. The number of aromatic carboxylic acids is 1. The second-order valence-electron chi connectivity index (χ2n) is 12.2. The molecule has 5 aromatic carbocycles. The Kier molecular flexibility index (Phi) is 12.5. The van der Waals surface area contributed by atoms with Crippen molar-refractivity contribution in [2.24, 2.45) is 35.8 Å². The largest absolute Gasteiger partial charge is 0.505 e. The van der Waals surface area contributed by atoms with E-state index in [4.69, 9.17) is 9.99 Å². The number of aromatic hydroxyl groups is 1. The van der Waals surface area contributed by atoms with Gasteiger partial charge in [0.1, 0.15) is 22.8 Å². The van der Waals surface area contributed by atoms with Gasteiger partial charge in [-0.2, -0.15) is 33.9 Å². The van der Waals surface area contributed by atoms with Crippen LogP contribution in [-0.2, 0) is 29.1 Å². The van der Waals surface area contributed by atoms with Gasteiger partial charge >= 0.3 is 11.9 Å². The number of aryl methyl sites for hydroxylation is 1. The number of ether oxygens (including phenoxy) is 1. The van der Waals surface area contributed by atoms with E-state index in [0.29, 0.717) is 22.6 Å². The lowest BCUT2D eigenvalue weighted by Crippen LogP contribution is -2.33. The Labute approximate surface area is 344 Å². The Hall–Kier alpha value is -7.62. The highest BCUT2D eigenvalue weighted by Crippen LogP contribution is 2.46.